The molecule has 0 fully saturated rings. The van der Waals surface area contributed by atoms with E-state index in [0.717, 1.165) is 6.42 Å². The Balaban J connectivity index is 2.70. The van der Waals surface area contributed by atoms with Crippen molar-refractivity contribution >= 4 is 0 Å². The molecular formula is C14H18. The van der Waals surface area contributed by atoms with Crippen molar-refractivity contribution in [1.29, 1.82) is 0 Å². The van der Waals surface area contributed by atoms with Crippen molar-refractivity contribution < 1.29 is 0 Å². The van der Waals surface area contributed by atoms with Gasteiger partial charge in [-0.15, -0.1) is 0 Å². The van der Waals surface area contributed by atoms with Crippen LogP contribution in [0, 0.1) is 5.92 Å². The van der Waals surface area contributed by atoms with E-state index in [0.29, 0.717) is 5.92 Å². The van der Waals surface area contributed by atoms with Crippen molar-refractivity contribution in [3.63, 3.8) is 0 Å². The Morgan fingerprint density at radius 2 is 2.00 bits per heavy atom. The first-order valence-electron chi connectivity index (χ1n) is 5.06. The molecule has 0 heterocycles. The minimum absolute atomic E-state index is 0.474. The van der Waals surface area contributed by atoms with E-state index in [4.69, 9.17) is 0 Å². The number of hydrogen-bond acceptors (Lipinski definition) is 0. The Labute approximate surface area is 87.0 Å². The van der Waals surface area contributed by atoms with Crippen molar-refractivity contribution in [2.45, 2.75) is 20.3 Å². The quantitative estimate of drug-likeness (QED) is 0.623. The molecular weight excluding hydrogens is 168 g/mol. The molecule has 1 unspecified atom stereocenters. The van der Waals surface area contributed by atoms with Crippen molar-refractivity contribution in [3.8, 4) is 0 Å². The Hall–Kier alpha value is -1.30. The fraction of sp³-hybridized carbons (Fsp3) is 0.286. The molecule has 0 aliphatic carbocycles. The third-order valence-electron chi connectivity index (χ3n) is 2.36. The van der Waals surface area contributed by atoms with Crippen LogP contribution in [0.25, 0.3) is 0 Å². The van der Waals surface area contributed by atoms with Crippen LogP contribution in [-0.4, -0.2) is 0 Å². The van der Waals surface area contributed by atoms with Crippen LogP contribution in [0.5, 0.6) is 0 Å². The van der Waals surface area contributed by atoms with Gasteiger partial charge in [-0.3, -0.25) is 0 Å². The zero-order chi connectivity index (χ0) is 10.4. The molecule has 0 saturated heterocycles. The average molecular weight is 186 g/mol. The van der Waals surface area contributed by atoms with Crippen molar-refractivity contribution in [1.82, 2.24) is 0 Å². The van der Waals surface area contributed by atoms with Crippen LogP contribution in [0.15, 0.2) is 54.6 Å². The largest absolute Gasteiger partial charge is 0.0995 e. The van der Waals surface area contributed by atoms with E-state index in [1.54, 1.807) is 0 Å². The van der Waals surface area contributed by atoms with Crippen LogP contribution in [-0.2, 0) is 6.42 Å². The molecule has 0 heteroatoms. The lowest BCUT2D eigenvalue weighted by molar-refractivity contribution is 0.755. The summed E-state index contributed by atoms with van der Waals surface area (Å²) in [6.45, 7) is 8.17. The predicted octanol–water partition coefficient (Wildman–Crippen LogP) is 4.00. The lowest BCUT2D eigenvalue weighted by atomic mass is 9.93. The van der Waals surface area contributed by atoms with E-state index in [2.05, 4.69) is 62.9 Å². The van der Waals surface area contributed by atoms with Crippen LogP contribution in [0.2, 0.25) is 0 Å². The van der Waals surface area contributed by atoms with Gasteiger partial charge in [0.05, 0.1) is 0 Å². The van der Waals surface area contributed by atoms with Crippen LogP contribution in [0.4, 0.5) is 0 Å². The highest BCUT2D eigenvalue weighted by Crippen LogP contribution is 2.16. The summed E-state index contributed by atoms with van der Waals surface area (Å²) in [5.41, 5.74) is 2.60. The van der Waals surface area contributed by atoms with Gasteiger partial charge >= 0.3 is 0 Å². The Bertz CT molecular complexity index is 306. The van der Waals surface area contributed by atoms with Crippen LogP contribution < -0.4 is 0 Å². The van der Waals surface area contributed by atoms with Crippen molar-refractivity contribution in [2.24, 2.45) is 5.92 Å². The molecule has 1 aromatic carbocycles. The summed E-state index contributed by atoms with van der Waals surface area (Å²) >= 11 is 0. The minimum Gasteiger partial charge on any atom is -0.0995 e. The molecule has 0 bridgehead atoms. The molecule has 0 N–H and O–H groups in total. The fourth-order valence-corrected chi connectivity index (χ4v) is 1.51. The molecule has 0 radical (unpaired) electrons. The van der Waals surface area contributed by atoms with Crippen molar-refractivity contribution in [2.75, 3.05) is 0 Å². The SMILES string of the molecule is C=C(C)C(/C=C/C)Cc1ccccc1. The zero-order valence-electron chi connectivity index (χ0n) is 9.03. The van der Waals surface area contributed by atoms with Gasteiger partial charge in [0.15, 0.2) is 0 Å². The second-order valence-electron chi connectivity index (χ2n) is 3.67. The molecule has 14 heavy (non-hydrogen) atoms. The second kappa shape index (κ2) is 5.43. The fourth-order valence-electron chi connectivity index (χ4n) is 1.51. The summed E-state index contributed by atoms with van der Waals surface area (Å²) in [5.74, 6) is 0.474. The van der Waals surface area contributed by atoms with Gasteiger partial charge in [-0.25, -0.2) is 0 Å². The van der Waals surface area contributed by atoms with Crippen molar-refractivity contribution in [3.05, 3.63) is 60.2 Å². The average Bonchev–Trinajstić information content (AvgIpc) is 2.18. The van der Waals surface area contributed by atoms with Crippen LogP contribution in [0.3, 0.4) is 0 Å². The third kappa shape index (κ3) is 3.21. The van der Waals surface area contributed by atoms with Gasteiger partial charge in [0.25, 0.3) is 0 Å². The smallest absolute Gasteiger partial charge is 0.00116 e. The highest BCUT2D eigenvalue weighted by molar-refractivity contribution is 5.19. The van der Waals surface area contributed by atoms with E-state index < -0.39 is 0 Å². The first kappa shape index (κ1) is 10.8. The van der Waals surface area contributed by atoms with Gasteiger partial charge in [0, 0.05) is 5.92 Å². The van der Waals surface area contributed by atoms with E-state index >= 15 is 0 Å². The summed E-state index contributed by atoms with van der Waals surface area (Å²) in [5, 5.41) is 0. The van der Waals surface area contributed by atoms with Crippen LogP contribution >= 0.6 is 0 Å². The molecule has 1 rings (SSSR count). The predicted molar refractivity (Wildman–Crippen MR) is 63.3 cm³/mol. The lowest BCUT2D eigenvalue weighted by Crippen LogP contribution is -2.01. The topological polar surface area (TPSA) is 0 Å². The molecule has 0 nitrogen and oxygen atoms in total. The molecule has 1 aromatic rings. The number of rotatable bonds is 4. The Morgan fingerprint density at radius 3 is 2.50 bits per heavy atom. The summed E-state index contributed by atoms with van der Waals surface area (Å²) in [6.07, 6.45) is 5.37. The molecule has 0 aliphatic heterocycles. The van der Waals surface area contributed by atoms with Gasteiger partial charge in [-0.1, -0.05) is 54.6 Å². The molecule has 0 saturated carbocycles. The van der Waals surface area contributed by atoms with E-state index in [9.17, 15) is 0 Å². The molecule has 0 amide bonds. The maximum atomic E-state index is 4.02. The maximum absolute atomic E-state index is 4.02. The highest BCUT2D eigenvalue weighted by atomic mass is 14.1. The summed E-state index contributed by atoms with van der Waals surface area (Å²) < 4.78 is 0. The van der Waals surface area contributed by atoms with E-state index in [1.807, 2.05) is 0 Å². The molecule has 1 atom stereocenters. The molecule has 74 valence electrons. The van der Waals surface area contributed by atoms with Gasteiger partial charge < -0.3 is 0 Å². The summed E-state index contributed by atoms with van der Waals surface area (Å²) in [7, 11) is 0. The zero-order valence-corrected chi connectivity index (χ0v) is 9.03. The van der Waals surface area contributed by atoms with Gasteiger partial charge in [0.2, 0.25) is 0 Å². The van der Waals surface area contributed by atoms with Gasteiger partial charge in [-0.2, -0.15) is 0 Å². The Kier molecular flexibility index (Phi) is 4.18. The monoisotopic (exact) mass is 186 g/mol. The second-order valence-corrected chi connectivity index (χ2v) is 3.67. The number of allylic oxidation sites excluding steroid dienone is 3. The molecule has 0 aliphatic rings. The van der Waals surface area contributed by atoms with Gasteiger partial charge in [-0.05, 0) is 25.8 Å². The number of benzene rings is 1. The Morgan fingerprint density at radius 1 is 1.36 bits per heavy atom. The molecule has 0 aromatic heterocycles. The van der Waals surface area contributed by atoms with Gasteiger partial charge in [0.1, 0.15) is 0 Å². The first-order chi connectivity index (χ1) is 6.74. The highest BCUT2D eigenvalue weighted by Gasteiger charge is 2.05. The minimum atomic E-state index is 0.474. The summed E-state index contributed by atoms with van der Waals surface area (Å²) in [6, 6.07) is 10.6. The lowest BCUT2D eigenvalue weighted by Gasteiger charge is -2.12. The van der Waals surface area contributed by atoms with Crippen LogP contribution in [0.1, 0.15) is 19.4 Å². The first-order valence-corrected chi connectivity index (χ1v) is 5.06. The normalized spacial score (nSPS) is 13.0. The number of hydrogen-bond donors (Lipinski definition) is 0. The van der Waals surface area contributed by atoms with E-state index in [-0.39, 0.29) is 0 Å². The van der Waals surface area contributed by atoms with E-state index in [1.165, 1.54) is 11.1 Å². The standard InChI is InChI=1S/C14H18/c1-4-8-14(12(2)3)11-13-9-6-5-7-10-13/h4-10,14H,2,11H2,1,3H3/b8-4+. The summed E-state index contributed by atoms with van der Waals surface area (Å²) in [4.78, 5) is 0. The third-order valence-corrected chi connectivity index (χ3v) is 2.36. The maximum Gasteiger partial charge on any atom is 0.00116 e. The molecule has 0 spiro atoms.